The van der Waals surface area contributed by atoms with Crippen molar-refractivity contribution in [1.82, 2.24) is 5.32 Å². The van der Waals surface area contributed by atoms with Gasteiger partial charge in [-0.05, 0) is 13.8 Å². The van der Waals surface area contributed by atoms with Gasteiger partial charge >= 0.3 is 0 Å². The van der Waals surface area contributed by atoms with E-state index in [2.05, 4.69) is 12.2 Å². The van der Waals surface area contributed by atoms with Crippen LogP contribution in [0.3, 0.4) is 0 Å². The number of imide groups is 1. The number of hydrogen-bond acceptors (Lipinski definition) is 2. The Balaban J connectivity index is 3.06. The fourth-order valence-electron chi connectivity index (χ4n) is 0.580. The highest BCUT2D eigenvalue weighted by Gasteiger charge is 2.22. The molecule has 0 bridgehead atoms. The zero-order valence-corrected chi connectivity index (χ0v) is 5.02. The molecule has 0 aromatic heterocycles. The second-order valence-corrected chi connectivity index (χ2v) is 1.89. The van der Waals surface area contributed by atoms with Gasteiger partial charge < -0.3 is 0 Å². The van der Waals surface area contributed by atoms with E-state index in [1.54, 1.807) is 6.92 Å². The monoisotopic (exact) mass is 124 g/mol. The van der Waals surface area contributed by atoms with Crippen molar-refractivity contribution >= 4 is 11.8 Å². The van der Waals surface area contributed by atoms with Gasteiger partial charge in [-0.3, -0.25) is 14.9 Å². The summed E-state index contributed by atoms with van der Waals surface area (Å²) in [4.78, 5) is 21.1. The zero-order valence-electron chi connectivity index (χ0n) is 5.02. The highest BCUT2D eigenvalue weighted by atomic mass is 16.2. The van der Waals surface area contributed by atoms with Gasteiger partial charge in [-0.25, -0.2) is 0 Å². The number of carbonyl (C=O) groups is 2. The van der Waals surface area contributed by atoms with Crippen molar-refractivity contribution in [3.8, 4) is 0 Å². The van der Waals surface area contributed by atoms with Crippen molar-refractivity contribution in [1.29, 1.82) is 0 Å². The summed E-state index contributed by atoms with van der Waals surface area (Å²) in [6.07, 6.45) is 0. The molecular formula is C6H6NO2. The molecule has 1 radical (unpaired) electrons. The van der Waals surface area contributed by atoms with Gasteiger partial charge in [0.25, 0.3) is 11.8 Å². The molecule has 0 atom stereocenters. The van der Waals surface area contributed by atoms with Crippen LogP contribution < -0.4 is 5.32 Å². The summed E-state index contributed by atoms with van der Waals surface area (Å²) in [6, 6.07) is 0. The van der Waals surface area contributed by atoms with Crippen LogP contribution in [0.25, 0.3) is 0 Å². The number of amides is 2. The molecule has 2 amide bonds. The van der Waals surface area contributed by atoms with Crippen LogP contribution in [0, 0.1) is 6.92 Å². The summed E-state index contributed by atoms with van der Waals surface area (Å²) in [6.45, 7) is 4.97. The van der Waals surface area contributed by atoms with Crippen molar-refractivity contribution in [3.63, 3.8) is 0 Å². The van der Waals surface area contributed by atoms with Gasteiger partial charge in [-0.15, -0.1) is 0 Å². The van der Waals surface area contributed by atoms with Crippen LogP contribution in [0.5, 0.6) is 0 Å². The molecule has 0 aromatic carbocycles. The Labute approximate surface area is 52.7 Å². The molecule has 0 aromatic rings. The minimum Gasteiger partial charge on any atom is -0.289 e. The smallest absolute Gasteiger partial charge is 0.254 e. The molecule has 0 spiro atoms. The maximum Gasteiger partial charge on any atom is 0.254 e. The van der Waals surface area contributed by atoms with Crippen LogP contribution in [0.4, 0.5) is 0 Å². The van der Waals surface area contributed by atoms with Crippen molar-refractivity contribution in [2.45, 2.75) is 6.92 Å². The summed E-state index contributed by atoms with van der Waals surface area (Å²) >= 11 is 0. The third-order valence-electron chi connectivity index (χ3n) is 1.29. The van der Waals surface area contributed by atoms with Crippen molar-refractivity contribution in [2.75, 3.05) is 0 Å². The standard InChI is InChI=1S/C6H6NO2/c1-3-4(2)6(9)7-5(3)8/h1H2,2H3,(H,7,8,9). The molecule has 1 aliphatic heterocycles. The van der Waals surface area contributed by atoms with E-state index < -0.39 is 0 Å². The quantitative estimate of drug-likeness (QED) is 0.454. The number of nitrogens with one attached hydrogen (secondary N) is 1. The molecule has 0 saturated heterocycles. The Bertz CT molecular complexity index is 193. The van der Waals surface area contributed by atoms with Crippen LogP contribution in [-0.2, 0) is 9.59 Å². The lowest BCUT2D eigenvalue weighted by Crippen LogP contribution is -2.22. The van der Waals surface area contributed by atoms with E-state index in [-0.39, 0.29) is 17.4 Å². The van der Waals surface area contributed by atoms with E-state index in [0.717, 1.165) is 0 Å². The first-order valence-electron chi connectivity index (χ1n) is 2.51. The molecule has 0 unspecified atom stereocenters. The number of hydrogen-bond donors (Lipinski definition) is 1. The van der Waals surface area contributed by atoms with E-state index in [9.17, 15) is 9.59 Å². The number of rotatable bonds is 0. The fraction of sp³-hybridized carbons (Fsp3) is 0.167. The van der Waals surface area contributed by atoms with E-state index in [0.29, 0.717) is 5.57 Å². The molecule has 1 heterocycles. The lowest BCUT2D eigenvalue weighted by atomic mass is 10.2. The van der Waals surface area contributed by atoms with Crippen LogP contribution in [0.2, 0.25) is 0 Å². The molecule has 0 fully saturated rings. The third-order valence-corrected chi connectivity index (χ3v) is 1.29. The Morgan fingerprint density at radius 2 is 1.89 bits per heavy atom. The molecule has 1 rings (SSSR count). The summed E-state index contributed by atoms with van der Waals surface area (Å²) in [5, 5.41) is 2.10. The Kier molecular flexibility index (Phi) is 1.12. The summed E-state index contributed by atoms with van der Waals surface area (Å²) < 4.78 is 0. The van der Waals surface area contributed by atoms with Gasteiger partial charge in [-0.2, -0.15) is 0 Å². The molecule has 3 heteroatoms. The predicted molar refractivity (Wildman–Crippen MR) is 31.2 cm³/mol. The topological polar surface area (TPSA) is 46.2 Å². The molecule has 1 aliphatic rings. The predicted octanol–water partition coefficient (Wildman–Crippen LogP) is -0.207. The minimum atomic E-state index is -0.377. The largest absolute Gasteiger partial charge is 0.289 e. The maximum atomic E-state index is 10.6. The van der Waals surface area contributed by atoms with Gasteiger partial charge in [-0.1, -0.05) is 0 Å². The van der Waals surface area contributed by atoms with E-state index in [1.165, 1.54) is 0 Å². The molecule has 3 nitrogen and oxygen atoms in total. The molecule has 0 aliphatic carbocycles. The normalized spacial score (nSPS) is 18.9. The van der Waals surface area contributed by atoms with E-state index >= 15 is 0 Å². The average Bonchev–Trinajstić information content (AvgIpc) is 1.98. The van der Waals surface area contributed by atoms with Crippen LogP contribution in [0.1, 0.15) is 6.92 Å². The fourth-order valence-corrected chi connectivity index (χ4v) is 0.580. The Morgan fingerprint density at radius 1 is 1.33 bits per heavy atom. The first-order chi connectivity index (χ1) is 4.13. The second kappa shape index (κ2) is 1.69. The average molecular weight is 124 g/mol. The maximum absolute atomic E-state index is 10.6. The highest BCUT2D eigenvalue weighted by Crippen LogP contribution is 2.08. The molecular weight excluding hydrogens is 118 g/mol. The van der Waals surface area contributed by atoms with Crippen LogP contribution in [-0.4, -0.2) is 11.8 Å². The van der Waals surface area contributed by atoms with Gasteiger partial charge in [0, 0.05) is 11.1 Å². The van der Waals surface area contributed by atoms with Crippen molar-refractivity contribution in [3.05, 3.63) is 18.1 Å². The van der Waals surface area contributed by atoms with Crippen LogP contribution in [0.15, 0.2) is 11.1 Å². The first-order valence-corrected chi connectivity index (χ1v) is 2.51. The second-order valence-electron chi connectivity index (χ2n) is 1.89. The summed E-state index contributed by atoms with van der Waals surface area (Å²) in [5.41, 5.74) is 0.694. The lowest BCUT2D eigenvalue weighted by Gasteiger charge is -1.84. The molecule has 1 N–H and O–H groups in total. The van der Waals surface area contributed by atoms with E-state index in [1.807, 2.05) is 0 Å². The number of carbonyl (C=O) groups excluding carboxylic acids is 2. The Hall–Kier alpha value is -1.12. The molecule has 0 saturated carbocycles. The van der Waals surface area contributed by atoms with Crippen molar-refractivity contribution in [2.24, 2.45) is 0 Å². The van der Waals surface area contributed by atoms with E-state index in [4.69, 9.17) is 0 Å². The lowest BCUT2D eigenvalue weighted by molar-refractivity contribution is -0.124. The summed E-state index contributed by atoms with van der Waals surface area (Å²) in [5.74, 6) is -0.706. The zero-order chi connectivity index (χ0) is 7.02. The Morgan fingerprint density at radius 3 is 2.00 bits per heavy atom. The van der Waals surface area contributed by atoms with Gasteiger partial charge in [0.2, 0.25) is 0 Å². The SMILES string of the molecule is [CH2]C1=C(C)C(=O)NC1=O. The molecule has 47 valence electrons. The van der Waals surface area contributed by atoms with Crippen LogP contribution >= 0.6 is 0 Å². The highest BCUT2D eigenvalue weighted by molar-refractivity contribution is 6.19. The van der Waals surface area contributed by atoms with Crippen molar-refractivity contribution < 1.29 is 9.59 Å². The third kappa shape index (κ3) is 0.740. The summed E-state index contributed by atoms with van der Waals surface area (Å²) in [7, 11) is 0. The first kappa shape index (κ1) is 6.01. The minimum absolute atomic E-state index is 0.278. The van der Waals surface area contributed by atoms with Gasteiger partial charge in [0.15, 0.2) is 0 Å². The van der Waals surface area contributed by atoms with Gasteiger partial charge in [0.1, 0.15) is 0 Å². The molecule has 9 heavy (non-hydrogen) atoms. The van der Waals surface area contributed by atoms with Gasteiger partial charge in [0.05, 0.1) is 0 Å².